The third-order valence-corrected chi connectivity index (χ3v) is 8.16. The van der Waals surface area contributed by atoms with Crippen LogP contribution in [0.1, 0.15) is 37.1 Å². The first-order valence-electron chi connectivity index (χ1n) is 11.7. The predicted octanol–water partition coefficient (Wildman–Crippen LogP) is 3.24. The van der Waals surface area contributed by atoms with E-state index in [0.29, 0.717) is 24.6 Å². The minimum Gasteiger partial charge on any atom is -0.360 e. The van der Waals surface area contributed by atoms with Crippen LogP contribution in [-0.4, -0.2) is 70.1 Å². The Bertz CT molecular complexity index is 1480. The third-order valence-electron chi connectivity index (χ3n) is 6.86. The Balaban J connectivity index is 1.48. The van der Waals surface area contributed by atoms with Crippen molar-refractivity contribution in [2.24, 2.45) is 0 Å². The van der Waals surface area contributed by atoms with Crippen LogP contribution in [0.4, 0.5) is 11.6 Å². The highest BCUT2D eigenvalue weighted by molar-refractivity contribution is 7.88. The number of fused-ring (bicyclic) bond motifs is 2. The fourth-order valence-corrected chi connectivity index (χ4v) is 5.72. The molecule has 3 aromatic heterocycles. The second-order valence-corrected chi connectivity index (χ2v) is 11.2. The van der Waals surface area contributed by atoms with Crippen molar-refractivity contribution in [3.05, 3.63) is 48.2 Å². The summed E-state index contributed by atoms with van der Waals surface area (Å²) in [6.45, 7) is 5.21. The maximum atomic E-state index is 12.0. The van der Waals surface area contributed by atoms with E-state index in [0.717, 1.165) is 46.2 Å². The molecule has 0 radical (unpaired) electrons. The molecule has 1 unspecified atom stereocenters. The van der Waals surface area contributed by atoms with Gasteiger partial charge in [0.2, 0.25) is 10.0 Å². The van der Waals surface area contributed by atoms with Gasteiger partial charge in [0, 0.05) is 31.6 Å². The van der Waals surface area contributed by atoms with Gasteiger partial charge in [-0.15, -0.1) is 0 Å². The van der Waals surface area contributed by atoms with Gasteiger partial charge in [0.1, 0.15) is 17.7 Å². The molecule has 1 aliphatic heterocycles. The number of hydrogen-bond donors (Lipinski definition) is 2. The average molecular weight is 495 g/mol. The van der Waals surface area contributed by atoms with Gasteiger partial charge in [-0.25, -0.2) is 32.7 Å². The second kappa shape index (κ2) is 9.04. The molecule has 11 heteroatoms. The molecule has 1 aromatic carbocycles. The molecule has 0 saturated carbocycles. The van der Waals surface area contributed by atoms with Crippen molar-refractivity contribution in [3.63, 3.8) is 0 Å². The molecule has 0 aliphatic carbocycles. The van der Waals surface area contributed by atoms with Gasteiger partial charge in [-0.3, -0.25) is 0 Å². The SMILES string of the molecule is Cc1cccc2cc(C(C)Nc3ncnc4nc[nH]c34)nc(N(C)C3CCN(S(C)(=O)=O)CC3)c12. The zero-order valence-corrected chi connectivity index (χ0v) is 21.2. The number of sulfonamides is 1. The zero-order chi connectivity index (χ0) is 24.7. The lowest BCUT2D eigenvalue weighted by Gasteiger charge is -2.37. The summed E-state index contributed by atoms with van der Waals surface area (Å²) < 4.78 is 25.5. The molecule has 1 saturated heterocycles. The highest BCUT2D eigenvalue weighted by Crippen LogP contribution is 2.33. The Morgan fingerprint density at radius 1 is 1.20 bits per heavy atom. The van der Waals surface area contributed by atoms with Gasteiger partial charge >= 0.3 is 0 Å². The van der Waals surface area contributed by atoms with Crippen LogP contribution in [0.3, 0.4) is 0 Å². The highest BCUT2D eigenvalue weighted by atomic mass is 32.2. The number of rotatable bonds is 6. The summed E-state index contributed by atoms with van der Waals surface area (Å²) in [4.78, 5) is 23.2. The fourth-order valence-electron chi connectivity index (χ4n) is 4.85. The van der Waals surface area contributed by atoms with Crippen LogP contribution in [0, 0.1) is 6.92 Å². The highest BCUT2D eigenvalue weighted by Gasteiger charge is 2.29. The summed E-state index contributed by atoms with van der Waals surface area (Å²) in [5, 5.41) is 5.70. The van der Waals surface area contributed by atoms with Crippen LogP contribution in [0.2, 0.25) is 0 Å². The van der Waals surface area contributed by atoms with Gasteiger partial charge < -0.3 is 15.2 Å². The summed E-state index contributed by atoms with van der Waals surface area (Å²) >= 11 is 0. The molecule has 5 rings (SSSR count). The van der Waals surface area contributed by atoms with E-state index in [4.69, 9.17) is 4.98 Å². The molecule has 35 heavy (non-hydrogen) atoms. The quantitative estimate of drug-likeness (QED) is 0.419. The Morgan fingerprint density at radius 3 is 2.71 bits per heavy atom. The average Bonchev–Trinajstić information content (AvgIpc) is 3.32. The number of benzene rings is 1. The van der Waals surface area contributed by atoms with E-state index < -0.39 is 10.0 Å². The lowest BCUT2D eigenvalue weighted by Crippen LogP contribution is -2.45. The number of anilines is 2. The van der Waals surface area contributed by atoms with Gasteiger partial charge in [-0.1, -0.05) is 18.2 Å². The summed E-state index contributed by atoms with van der Waals surface area (Å²) in [6, 6.07) is 8.47. The lowest BCUT2D eigenvalue weighted by molar-refractivity contribution is 0.316. The minimum atomic E-state index is -3.17. The smallest absolute Gasteiger partial charge is 0.211 e. The molecule has 4 heterocycles. The van der Waals surface area contributed by atoms with Crippen LogP contribution in [-0.2, 0) is 10.0 Å². The Kier molecular flexibility index (Phi) is 6.06. The largest absolute Gasteiger partial charge is 0.360 e. The topological polar surface area (TPSA) is 120 Å². The maximum absolute atomic E-state index is 12.0. The van der Waals surface area contributed by atoms with Crippen molar-refractivity contribution in [1.29, 1.82) is 0 Å². The number of imidazole rings is 1. The maximum Gasteiger partial charge on any atom is 0.211 e. The van der Waals surface area contributed by atoms with Crippen LogP contribution < -0.4 is 10.2 Å². The van der Waals surface area contributed by atoms with Crippen molar-refractivity contribution < 1.29 is 8.42 Å². The summed E-state index contributed by atoms with van der Waals surface area (Å²) in [5.74, 6) is 1.59. The van der Waals surface area contributed by atoms with Crippen LogP contribution >= 0.6 is 0 Å². The predicted molar refractivity (Wildman–Crippen MR) is 138 cm³/mol. The third kappa shape index (κ3) is 4.53. The number of aromatic nitrogens is 5. The van der Waals surface area contributed by atoms with E-state index in [9.17, 15) is 8.42 Å². The first kappa shape index (κ1) is 23.4. The van der Waals surface area contributed by atoms with E-state index in [-0.39, 0.29) is 12.1 Å². The van der Waals surface area contributed by atoms with Gasteiger partial charge in [-0.05, 0) is 43.7 Å². The first-order chi connectivity index (χ1) is 16.7. The molecule has 4 aromatic rings. The first-order valence-corrected chi connectivity index (χ1v) is 13.6. The monoisotopic (exact) mass is 494 g/mol. The molecule has 10 nitrogen and oxygen atoms in total. The molecule has 0 spiro atoms. The Labute approximate surface area is 204 Å². The number of H-pyrrole nitrogens is 1. The summed E-state index contributed by atoms with van der Waals surface area (Å²) in [5.41, 5.74) is 3.42. The van der Waals surface area contributed by atoms with Gasteiger partial charge in [0.15, 0.2) is 11.5 Å². The van der Waals surface area contributed by atoms with Crippen LogP contribution in [0.25, 0.3) is 21.9 Å². The van der Waals surface area contributed by atoms with Crippen LogP contribution in [0.5, 0.6) is 0 Å². The van der Waals surface area contributed by atoms with Crippen molar-refractivity contribution >= 4 is 43.6 Å². The Morgan fingerprint density at radius 2 is 1.97 bits per heavy atom. The van der Waals surface area contributed by atoms with Gasteiger partial charge in [-0.2, -0.15) is 0 Å². The summed E-state index contributed by atoms with van der Waals surface area (Å²) in [6.07, 6.45) is 5.90. The second-order valence-electron chi connectivity index (χ2n) is 9.24. The number of hydrogen-bond acceptors (Lipinski definition) is 8. The number of aromatic amines is 1. The normalized spacial score (nSPS) is 16.6. The standard InChI is InChI=1S/C24H30N8O2S/c1-15-6-5-7-17-12-19(16(2)29-23-21-22(26-13-25-21)27-14-28-23)30-24(20(15)17)31(3)18-8-10-32(11-9-18)35(4,33)34/h5-7,12-14,16,18H,8-11H2,1-4H3,(H2,25,26,27,28,29). The molecule has 1 atom stereocenters. The number of nitrogens with zero attached hydrogens (tertiary/aromatic N) is 6. The van der Waals surface area contributed by atoms with Crippen molar-refractivity contribution in [2.75, 3.05) is 36.6 Å². The van der Waals surface area contributed by atoms with E-state index in [1.54, 1.807) is 10.6 Å². The van der Waals surface area contributed by atoms with Crippen molar-refractivity contribution in [1.82, 2.24) is 29.2 Å². The molecular weight excluding hydrogens is 464 g/mol. The van der Waals surface area contributed by atoms with Crippen molar-refractivity contribution in [2.45, 2.75) is 38.8 Å². The Hall–Kier alpha value is -3.31. The van der Waals surface area contributed by atoms with Crippen molar-refractivity contribution in [3.8, 4) is 0 Å². The summed E-state index contributed by atoms with van der Waals surface area (Å²) in [7, 11) is -1.10. The molecule has 0 amide bonds. The van der Waals surface area contributed by atoms with E-state index in [1.807, 2.05) is 0 Å². The number of pyridine rings is 1. The zero-order valence-electron chi connectivity index (χ0n) is 20.4. The van der Waals surface area contributed by atoms with Crippen LogP contribution in [0.15, 0.2) is 36.9 Å². The molecule has 2 N–H and O–H groups in total. The molecule has 0 bridgehead atoms. The van der Waals surface area contributed by atoms with E-state index in [2.05, 4.69) is 75.3 Å². The molecule has 184 valence electrons. The number of piperidine rings is 1. The molecule has 1 aliphatic rings. The minimum absolute atomic E-state index is 0.124. The number of nitrogens with one attached hydrogen (secondary N) is 2. The van der Waals surface area contributed by atoms with Gasteiger partial charge in [0.05, 0.1) is 24.3 Å². The molecule has 1 fully saturated rings. The number of aryl methyl sites for hydroxylation is 1. The fraction of sp³-hybridized carbons (Fsp3) is 0.417. The van der Waals surface area contributed by atoms with E-state index >= 15 is 0 Å². The van der Waals surface area contributed by atoms with Gasteiger partial charge in [0.25, 0.3) is 0 Å². The van der Waals surface area contributed by atoms with E-state index in [1.165, 1.54) is 12.6 Å². The lowest BCUT2D eigenvalue weighted by atomic mass is 10.0. The molecular formula is C24H30N8O2S.